The van der Waals surface area contributed by atoms with E-state index in [1.54, 1.807) is 0 Å². The highest BCUT2D eigenvalue weighted by molar-refractivity contribution is 6.53. The number of nitrogens with zero attached hydrogens (tertiary/aromatic N) is 2. The zero-order valence-corrected chi connectivity index (χ0v) is 18.0. The van der Waals surface area contributed by atoms with Crippen LogP contribution in [0.2, 0.25) is 0 Å². The van der Waals surface area contributed by atoms with Crippen LogP contribution in [-0.2, 0) is 0 Å². The second-order valence-corrected chi connectivity index (χ2v) is 9.75. The summed E-state index contributed by atoms with van der Waals surface area (Å²) in [5.74, 6) is 0. The van der Waals surface area contributed by atoms with Gasteiger partial charge in [-0.05, 0) is 64.6 Å². The molecule has 2 aromatic heterocycles. The predicted molar refractivity (Wildman–Crippen MR) is 144 cm³/mol. The van der Waals surface area contributed by atoms with Crippen LogP contribution in [0, 0.1) is 0 Å². The minimum Gasteiger partial charge on any atom is -0.263 e. The van der Waals surface area contributed by atoms with Crippen molar-refractivity contribution in [3.63, 3.8) is 0 Å². The van der Waals surface area contributed by atoms with E-state index in [0.29, 0.717) is 0 Å². The van der Waals surface area contributed by atoms with Crippen LogP contribution in [0.15, 0.2) is 85.5 Å². The Kier molecular flexibility index (Phi) is 2.37. The zero-order chi connectivity index (χ0) is 21.7. The number of aromatic nitrogens is 2. The lowest BCUT2D eigenvalue weighted by molar-refractivity contribution is 1.39. The molecule has 0 fully saturated rings. The average Bonchev–Trinajstić information content (AvgIpc) is 2.90. The third kappa shape index (κ3) is 1.49. The molecule has 0 aliphatic heterocycles. The van der Waals surface area contributed by atoms with Crippen LogP contribution in [0.5, 0.6) is 0 Å². The summed E-state index contributed by atoms with van der Waals surface area (Å²) in [5.41, 5.74) is 0. The second kappa shape index (κ2) is 5.00. The Bertz CT molecular complexity index is 2260. The van der Waals surface area contributed by atoms with Crippen LogP contribution in [-0.4, -0.2) is 9.97 Å². The quantitative estimate of drug-likeness (QED) is 0.179. The molecule has 2 heteroatoms. The first-order valence-corrected chi connectivity index (χ1v) is 11.7. The van der Waals surface area contributed by atoms with Gasteiger partial charge in [-0.15, -0.1) is 0 Å². The molecule has 0 N–H and O–H groups in total. The summed E-state index contributed by atoms with van der Waals surface area (Å²) in [5, 5.41) is 23.9. The van der Waals surface area contributed by atoms with E-state index in [1.165, 1.54) is 97.0 Å². The van der Waals surface area contributed by atoms with Crippen molar-refractivity contribution in [3.05, 3.63) is 85.5 Å². The van der Waals surface area contributed by atoms with Gasteiger partial charge in [0.05, 0.1) is 0 Å². The Balaban J connectivity index is 1.80. The van der Waals surface area contributed by atoms with Crippen LogP contribution in [0.3, 0.4) is 0 Å². The lowest BCUT2D eigenvalue weighted by atomic mass is 9.78. The summed E-state index contributed by atoms with van der Waals surface area (Å²) >= 11 is 0. The minimum absolute atomic E-state index is 1.21. The van der Waals surface area contributed by atoms with Gasteiger partial charge in [0.2, 0.25) is 0 Å². The van der Waals surface area contributed by atoms with Crippen LogP contribution in [0.25, 0.3) is 97.0 Å². The smallest absolute Gasteiger partial charge is 0.0353 e. The van der Waals surface area contributed by atoms with Gasteiger partial charge in [-0.3, -0.25) is 9.97 Å². The van der Waals surface area contributed by atoms with Crippen molar-refractivity contribution in [1.82, 2.24) is 9.97 Å². The highest BCUT2D eigenvalue weighted by Crippen LogP contribution is 2.54. The first-order chi connectivity index (χ1) is 16.9. The summed E-state index contributed by atoms with van der Waals surface area (Å²) in [6, 6.07) is 22.7. The topological polar surface area (TPSA) is 25.8 Å². The van der Waals surface area contributed by atoms with E-state index < -0.39 is 0 Å². The predicted octanol–water partition coefficient (Wildman–Crippen LogP) is 8.61. The molecular formula is C32H14N2. The lowest BCUT2D eigenvalue weighted by Crippen LogP contribution is -1.97. The van der Waals surface area contributed by atoms with E-state index in [-0.39, 0.29) is 0 Å². The lowest BCUT2D eigenvalue weighted by Gasteiger charge is -2.24. The molecule has 0 aliphatic rings. The van der Waals surface area contributed by atoms with Crippen molar-refractivity contribution in [2.24, 2.45) is 0 Å². The van der Waals surface area contributed by atoms with Gasteiger partial charge in [-0.25, -0.2) is 0 Å². The Labute approximate surface area is 192 Å². The standard InChI is InChI=1S/C32H14N2/c1-3-17-18-4-2-6-20-24-14-34-12-16-8-10-22-21-9-7-15-11-33-13-23-19(5-1)27(17)31(29(21)25(15)23)32(28(18)20)30(22)26(16)24/h1-14H. The van der Waals surface area contributed by atoms with Crippen molar-refractivity contribution >= 4 is 97.0 Å². The zero-order valence-electron chi connectivity index (χ0n) is 18.0. The van der Waals surface area contributed by atoms with Gasteiger partial charge in [-0.1, -0.05) is 60.7 Å². The number of benzene rings is 8. The summed E-state index contributed by atoms with van der Waals surface area (Å²) in [4.78, 5) is 9.27. The molecule has 34 heavy (non-hydrogen) atoms. The molecule has 10 aromatic rings. The molecule has 0 atom stereocenters. The van der Waals surface area contributed by atoms with Crippen molar-refractivity contribution < 1.29 is 0 Å². The molecular weight excluding hydrogens is 412 g/mol. The fourth-order valence-electron chi connectivity index (χ4n) is 7.21. The Hall–Kier alpha value is -4.56. The highest BCUT2D eigenvalue weighted by atomic mass is 14.6. The molecule has 2 nitrogen and oxygen atoms in total. The third-order valence-electron chi connectivity index (χ3n) is 8.39. The average molecular weight is 426 g/mol. The Morgan fingerprint density at radius 1 is 0.294 bits per heavy atom. The number of hydrogen-bond acceptors (Lipinski definition) is 2. The van der Waals surface area contributed by atoms with Crippen molar-refractivity contribution in [2.75, 3.05) is 0 Å². The van der Waals surface area contributed by atoms with Crippen LogP contribution < -0.4 is 0 Å². The fraction of sp³-hybridized carbons (Fsp3) is 0. The van der Waals surface area contributed by atoms with Gasteiger partial charge in [0.1, 0.15) is 0 Å². The molecule has 10 rings (SSSR count). The number of hydrogen-bond donors (Lipinski definition) is 0. The number of fused-ring (bicyclic) bond motifs is 4. The van der Waals surface area contributed by atoms with E-state index in [1.807, 2.05) is 12.4 Å². The van der Waals surface area contributed by atoms with Gasteiger partial charge in [0.15, 0.2) is 0 Å². The molecule has 152 valence electrons. The fourth-order valence-corrected chi connectivity index (χ4v) is 7.21. The molecule has 0 radical (unpaired) electrons. The maximum absolute atomic E-state index is 4.64. The van der Waals surface area contributed by atoms with Gasteiger partial charge in [-0.2, -0.15) is 0 Å². The summed E-state index contributed by atoms with van der Waals surface area (Å²) in [6.45, 7) is 0. The van der Waals surface area contributed by atoms with Crippen LogP contribution in [0.1, 0.15) is 0 Å². The maximum Gasteiger partial charge on any atom is 0.0353 e. The molecule has 0 saturated heterocycles. The van der Waals surface area contributed by atoms with E-state index in [2.05, 4.69) is 83.0 Å². The van der Waals surface area contributed by atoms with Gasteiger partial charge in [0, 0.05) is 57.1 Å². The normalized spacial score (nSPS) is 13.3. The van der Waals surface area contributed by atoms with Crippen molar-refractivity contribution in [3.8, 4) is 0 Å². The summed E-state index contributed by atoms with van der Waals surface area (Å²) in [7, 11) is 0. The molecule has 0 saturated carbocycles. The molecule has 8 aromatic carbocycles. The minimum atomic E-state index is 1.21. The summed E-state index contributed by atoms with van der Waals surface area (Å²) in [6.07, 6.45) is 8.15. The molecule has 0 aliphatic carbocycles. The maximum atomic E-state index is 4.64. The van der Waals surface area contributed by atoms with E-state index in [0.717, 1.165) is 0 Å². The van der Waals surface area contributed by atoms with E-state index in [4.69, 9.17) is 0 Å². The summed E-state index contributed by atoms with van der Waals surface area (Å²) < 4.78 is 0. The molecule has 0 bridgehead atoms. The van der Waals surface area contributed by atoms with E-state index in [9.17, 15) is 0 Å². The second-order valence-electron chi connectivity index (χ2n) is 9.75. The Morgan fingerprint density at radius 3 is 1.18 bits per heavy atom. The first kappa shape index (κ1) is 16.1. The molecule has 2 heterocycles. The van der Waals surface area contributed by atoms with Gasteiger partial charge in [0.25, 0.3) is 0 Å². The van der Waals surface area contributed by atoms with Crippen LogP contribution in [0.4, 0.5) is 0 Å². The SMILES string of the molecule is c1cc2c3cncc4ccc5c6ccc7cncc8c9cccc%10c(c1)c2c(c5c43)c(c9%10)c6c78. The van der Waals surface area contributed by atoms with Crippen molar-refractivity contribution in [2.45, 2.75) is 0 Å². The third-order valence-corrected chi connectivity index (χ3v) is 8.39. The molecule has 0 spiro atoms. The van der Waals surface area contributed by atoms with E-state index >= 15 is 0 Å². The Morgan fingerprint density at radius 2 is 0.706 bits per heavy atom. The van der Waals surface area contributed by atoms with Gasteiger partial charge >= 0.3 is 0 Å². The molecule has 0 unspecified atom stereocenters. The van der Waals surface area contributed by atoms with Crippen molar-refractivity contribution in [1.29, 1.82) is 0 Å². The molecule has 0 amide bonds. The monoisotopic (exact) mass is 426 g/mol. The largest absolute Gasteiger partial charge is 0.263 e. The number of rotatable bonds is 0. The van der Waals surface area contributed by atoms with Gasteiger partial charge < -0.3 is 0 Å². The first-order valence-electron chi connectivity index (χ1n) is 11.7. The highest BCUT2D eigenvalue weighted by Gasteiger charge is 2.25. The number of pyridine rings is 2. The van der Waals surface area contributed by atoms with Crippen LogP contribution >= 0.6 is 0 Å².